The second-order valence-corrected chi connectivity index (χ2v) is 3.56. The number of carboxylic acids is 1. The summed E-state index contributed by atoms with van der Waals surface area (Å²) in [5.74, 6) is 1.23. The Morgan fingerprint density at radius 1 is 1.56 bits per heavy atom. The molecule has 0 amide bonds. The maximum absolute atomic E-state index is 11.9. The van der Waals surface area contributed by atoms with Crippen LogP contribution in [0.5, 0.6) is 0 Å². The molecule has 16 heavy (non-hydrogen) atoms. The molecule has 4 nitrogen and oxygen atoms in total. The number of aromatic nitrogens is 1. The van der Waals surface area contributed by atoms with Crippen LogP contribution in [0.1, 0.15) is 28.0 Å². The molecule has 0 fully saturated rings. The molecule has 1 heterocycles. The number of carboxylic acid groups (broad SMARTS) is 1. The smallest absolute Gasteiger partial charge is 0.341 e. The largest absolute Gasteiger partial charge is 0.477 e. The van der Waals surface area contributed by atoms with Crippen molar-refractivity contribution < 1.29 is 9.90 Å². The van der Waals surface area contributed by atoms with Gasteiger partial charge < -0.3 is 9.67 Å². The molecular weight excluding hydrogens is 206 g/mol. The van der Waals surface area contributed by atoms with Crippen LogP contribution < -0.4 is 5.56 Å². The monoisotopic (exact) mass is 219 g/mol. The summed E-state index contributed by atoms with van der Waals surface area (Å²) in [6.07, 6.45) is 5.53. The van der Waals surface area contributed by atoms with Crippen molar-refractivity contribution in [1.29, 1.82) is 0 Å². The fourth-order valence-corrected chi connectivity index (χ4v) is 1.64. The minimum absolute atomic E-state index is 0.178. The second kappa shape index (κ2) is 4.67. The van der Waals surface area contributed by atoms with E-state index < -0.39 is 11.5 Å². The van der Waals surface area contributed by atoms with Crippen molar-refractivity contribution in [2.45, 2.75) is 26.8 Å². The summed E-state index contributed by atoms with van der Waals surface area (Å²) in [4.78, 5) is 22.8. The maximum atomic E-state index is 11.9. The molecule has 0 aliphatic heterocycles. The fraction of sp³-hybridized carbons (Fsp3) is 0.333. The zero-order chi connectivity index (χ0) is 12.3. The Hall–Kier alpha value is -2.02. The van der Waals surface area contributed by atoms with Crippen molar-refractivity contribution >= 4 is 5.97 Å². The second-order valence-electron chi connectivity index (χ2n) is 3.56. The molecule has 1 rings (SSSR count). The predicted molar refractivity (Wildman–Crippen MR) is 60.6 cm³/mol. The fourth-order valence-electron chi connectivity index (χ4n) is 1.64. The molecule has 1 N–H and O–H groups in total. The Balaban J connectivity index is 3.41. The molecule has 0 saturated carbocycles. The van der Waals surface area contributed by atoms with Crippen LogP contribution in [0.15, 0.2) is 10.9 Å². The Morgan fingerprint density at radius 2 is 2.19 bits per heavy atom. The summed E-state index contributed by atoms with van der Waals surface area (Å²) >= 11 is 0. The Morgan fingerprint density at radius 3 is 2.69 bits per heavy atom. The van der Waals surface area contributed by atoms with Crippen molar-refractivity contribution in [3.8, 4) is 12.3 Å². The number of aromatic carboxylic acids is 1. The van der Waals surface area contributed by atoms with E-state index >= 15 is 0 Å². The summed E-state index contributed by atoms with van der Waals surface area (Å²) in [6, 6.07) is 1.68. The van der Waals surface area contributed by atoms with E-state index in [4.69, 9.17) is 11.5 Å². The summed E-state index contributed by atoms with van der Waals surface area (Å²) < 4.78 is 1.40. The minimum Gasteiger partial charge on any atom is -0.477 e. The van der Waals surface area contributed by atoms with E-state index in [1.54, 1.807) is 19.9 Å². The van der Waals surface area contributed by atoms with Crippen molar-refractivity contribution in [2.75, 3.05) is 0 Å². The van der Waals surface area contributed by atoms with Crippen LogP contribution in [0.3, 0.4) is 0 Å². The van der Waals surface area contributed by atoms with E-state index in [9.17, 15) is 9.59 Å². The van der Waals surface area contributed by atoms with Gasteiger partial charge in [-0.2, -0.15) is 0 Å². The van der Waals surface area contributed by atoms with E-state index in [1.807, 2.05) is 0 Å². The highest BCUT2D eigenvalue weighted by Crippen LogP contribution is 2.06. The molecule has 0 radical (unpaired) electrons. The quantitative estimate of drug-likeness (QED) is 0.777. The van der Waals surface area contributed by atoms with Gasteiger partial charge >= 0.3 is 5.97 Å². The highest BCUT2D eigenvalue weighted by Gasteiger charge is 2.15. The lowest BCUT2D eigenvalue weighted by Gasteiger charge is -2.11. The normalized spacial score (nSPS) is 9.81. The zero-order valence-electron chi connectivity index (χ0n) is 9.28. The molecule has 0 atom stereocenters. The van der Waals surface area contributed by atoms with Gasteiger partial charge in [-0.15, -0.1) is 12.3 Å². The SMILES string of the molecule is C#CCCn1c(C)cc(C)c(C(=O)O)c1=O. The van der Waals surface area contributed by atoms with E-state index in [2.05, 4.69) is 5.92 Å². The van der Waals surface area contributed by atoms with Crippen LogP contribution in [0.2, 0.25) is 0 Å². The third-order valence-corrected chi connectivity index (χ3v) is 2.40. The van der Waals surface area contributed by atoms with Gasteiger partial charge in [0.25, 0.3) is 5.56 Å². The number of hydrogen-bond acceptors (Lipinski definition) is 2. The number of rotatable bonds is 3. The van der Waals surface area contributed by atoms with E-state index in [-0.39, 0.29) is 5.56 Å². The van der Waals surface area contributed by atoms with Gasteiger partial charge in [0.1, 0.15) is 5.56 Å². The van der Waals surface area contributed by atoms with Crippen molar-refractivity contribution in [3.05, 3.63) is 33.2 Å². The van der Waals surface area contributed by atoms with Crippen LogP contribution in [0, 0.1) is 26.2 Å². The first-order valence-corrected chi connectivity index (χ1v) is 4.86. The summed E-state index contributed by atoms with van der Waals surface area (Å²) in [6.45, 7) is 3.72. The van der Waals surface area contributed by atoms with Crippen molar-refractivity contribution in [3.63, 3.8) is 0 Å². The maximum Gasteiger partial charge on any atom is 0.341 e. The lowest BCUT2D eigenvalue weighted by Crippen LogP contribution is -2.29. The lowest BCUT2D eigenvalue weighted by molar-refractivity contribution is 0.0693. The lowest BCUT2D eigenvalue weighted by atomic mass is 10.1. The molecule has 0 aliphatic rings. The van der Waals surface area contributed by atoms with E-state index in [1.165, 1.54) is 4.57 Å². The van der Waals surface area contributed by atoms with Gasteiger partial charge in [0, 0.05) is 18.7 Å². The topological polar surface area (TPSA) is 59.3 Å². The number of aryl methyl sites for hydroxylation is 2. The van der Waals surface area contributed by atoms with Gasteiger partial charge in [0.05, 0.1) is 0 Å². The van der Waals surface area contributed by atoms with Gasteiger partial charge in [-0.3, -0.25) is 4.79 Å². The van der Waals surface area contributed by atoms with Crippen LogP contribution in [-0.2, 0) is 6.54 Å². The zero-order valence-corrected chi connectivity index (χ0v) is 9.28. The molecule has 4 heteroatoms. The number of hydrogen-bond donors (Lipinski definition) is 1. The molecule has 0 saturated heterocycles. The Bertz CT molecular complexity index is 520. The summed E-state index contributed by atoms with van der Waals surface area (Å²) in [5.41, 5.74) is 0.539. The number of terminal acetylenes is 1. The molecule has 0 aromatic carbocycles. The van der Waals surface area contributed by atoms with Gasteiger partial charge in [-0.1, -0.05) is 0 Å². The third-order valence-electron chi connectivity index (χ3n) is 2.40. The van der Waals surface area contributed by atoms with Crippen LogP contribution in [0.25, 0.3) is 0 Å². The number of nitrogens with zero attached hydrogens (tertiary/aromatic N) is 1. The van der Waals surface area contributed by atoms with Crippen molar-refractivity contribution in [2.24, 2.45) is 0 Å². The van der Waals surface area contributed by atoms with Gasteiger partial charge in [0.15, 0.2) is 0 Å². The molecule has 1 aromatic heterocycles. The molecule has 0 unspecified atom stereocenters. The summed E-state index contributed by atoms with van der Waals surface area (Å²) in [5, 5.41) is 8.93. The third kappa shape index (κ3) is 2.14. The average molecular weight is 219 g/mol. The molecule has 1 aromatic rings. The highest BCUT2D eigenvalue weighted by molar-refractivity contribution is 5.88. The van der Waals surface area contributed by atoms with Crippen LogP contribution in [-0.4, -0.2) is 15.6 Å². The highest BCUT2D eigenvalue weighted by atomic mass is 16.4. The van der Waals surface area contributed by atoms with Gasteiger partial charge in [-0.05, 0) is 25.5 Å². The van der Waals surface area contributed by atoms with Crippen molar-refractivity contribution in [1.82, 2.24) is 4.57 Å². The predicted octanol–water partition coefficient (Wildman–Crippen LogP) is 1.19. The molecular formula is C12H13NO3. The molecule has 0 bridgehead atoms. The standard InChI is InChI=1S/C12H13NO3/c1-4-5-6-13-9(3)7-8(2)10(11(13)14)12(15)16/h1,7H,5-6H2,2-3H3,(H,15,16). The molecule has 0 aliphatic carbocycles. The molecule has 84 valence electrons. The van der Waals surface area contributed by atoms with E-state index in [0.717, 1.165) is 5.69 Å². The number of carbonyl (C=O) groups is 1. The Labute approximate surface area is 93.5 Å². The van der Waals surface area contributed by atoms with Crippen LogP contribution >= 0.6 is 0 Å². The van der Waals surface area contributed by atoms with E-state index in [0.29, 0.717) is 18.5 Å². The minimum atomic E-state index is -1.20. The van der Waals surface area contributed by atoms with Crippen LogP contribution in [0.4, 0.5) is 0 Å². The first-order valence-electron chi connectivity index (χ1n) is 4.86. The first kappa shape index (κ1) is 12.1. The van der Waals surface area contributed by atoms with Gasteiger partial charge in [-0.25, -0.2) is 4.79 Å². The first-order chi connectivity index (χ1) is 7.49. The summed E-state index contributed by atoms with van der Waals surface area (Å²) in [7, 11) is 0. The number of pyridine rings is 1. The average Bonchev–Trinajstić information content (AvgIpc) is 2.16. The van der Waals surface area contributed by atoms with Gasteiger partial charge in [0.2, 0.25) is 0 Å². The molecule has 0 spiro atoms. The Kier molecular flexibility index (Phi) is 3.51.